The number of carbonyl (C=O) groups excluding carboxylic acids is 2. The van der Waals surface area contributed by atoms with E-state index in [0.717, 1.165) is 0 Å². The van der Waals surface area contributed by atoms with Crippen LogP contribution in [0.3, 0.4) is 0 Å². The van der Waals surface area contributed by atoms with E-state index in [1.54, 1.807) is 0 Å². The lowest BCUT2D eigenvalue weighted by atomic mass is 10.1. The van der Waals surface area contributed by atoms with Crippen molar-refractivity contribution in [3.8, 4) is 0 Å². The van der Waals surface area contributed by atoms with Crippen LogP contribution in [0.2, 0.25) is 11.1 Å². The molecule has 8 heteroatoms. The van der Waals surface area contributed by atoms with Gasteiger partial charge in [-0.25, -0.2) is 0 Å². The van der Waals surface area contributed by atoms with Crippen molar-refractivity contribution >= 4 is 20.3 Å². The minimum atomic E-state index is -2.51. The Bertz CT molecular complexity index is 600. The van der Waals surface area contributed by atoms with Crippen molar-refractivity contribution < 1.29 is 28.6 Å². The average molecular weight is 460 g/mol. The number of likely N-dealkylation sites (tertiary alicyclic amines) is 1. The molecular formula is C23H45NO6Si. The summed E-state index contributed by atoms with van der Waals surface area (Å²) in [6, 6.07) is -0.389. The van der Waals surface area contributed by atoms with Crippen LogP contribution in [0.1, 0.15) is 75.7 Å². The third-order valence-electron chi connectivity index (χ3n) is 6.08. The molecule has 0 aromatic rings. The van der Waals surface area contributed by atoms with Gasteiger partial charge in [0.1, 0.15) is 11.6 Å². The molecule has 0 aromatic carbocycles. The summed E-state index contributed by atoms with van der Waals surface area (Å²) < 4.78 is 17.4. The summed E-state index contributed by atoms with van der Waals surface area (Å²) in [5.41, 5.74) is -0.0835. The smallest absolute Gasteiger partial charge is 0.323 e. The maximum absolute atomic E-state index is 12.8. The summed E-state index contributed by atoms with van der Waals surface area (Å²) in [4.78, 5) is 26.1. The van der Waals surface area contributed by atoms with Crippen molar-refractivity contribution in [1.82, 2.24) is 4.90 Å². The molecule has 1 saturated heterocycles. The van der Waals surface area contributed by atoms with Crippen LogP contribution in [0.15, 0.2) is 0 Å². The fourth-order valence-corrected chi connectivity index (χ4v) is 10.7. The molecule has 2 unspecified atom stereocenters. The molecule has 2 atom stereocenters. The van der Waals surface area contributed by atoms with Crippen LogP contribution in [0.4, 0.5) is 0 Å². The molecule has 1 fully saturated rings. The highest BCUT2D eigenvalue weighted by molar-refractivity contribution is 6.79. The molecule has 1 rings (SSSR count). The number of aliphatic hydroxyl groups is 1. The van der Waals surface area contributed by atoms with E-state index in [1.165, 1.54) is 6.92 Å². The third kappa shape index (κ3) is 7.55. The summed E-state index contributed by atoms with van der Waals surface area (Å²) in [7, 11) is -2.51. The van der Waals surface area contributed by atoms with Gasteiger partial charge in [-0.15, -0.1) is 0 Å². The Morgan fingerprint density at radius 2 is 1.65 bits per heavy atom. The Labute approximate surface area is 189 Å². The standard InChI is InChI=1S/C23H45NO6Si/c1-16(2)31(17(3)4,23(9,10)27)29-12-11-24-14-19(15-28-18(5)25)13-20(24)21(26)30-22(6,7)8/h16-17,19-20,27H,11-15H2,1-10H3. The van der Waals surface area contributed by atoms with Crippen LogP contribution in [-0.2, 0) is 23.5 Å². The van der Waals surface area contributed by atoms with Gasteiger partial charge in [0, 0.05) is 32.5 Å². The van der Waals surface area contributed by atoms with Crippen LogP contribution in [0.5, 0.6) is 0 Å². The SMILES string of the molecule is CC(=O)OCC1CC(C(=O)OC(C)(C)C)N(CCO[Si](C(C)C)(C(C)C)C(C)(C)O)C1. The van der Waals surface area contributed by atoms with Crippen molar-refractivity contribution in [3.05, 3.63) is 0 Å². The Morgan fingerprint density at radius 1 is 1.10 bits per heavy atom. The van der Waals surface area contributed by atoms with Crippen molar-refractivity contribution in [3.63, 3.8) is 0 Å². The molecule has 1 heterocycles. The van der Waals surface area contributed by atoms with Crippen LogP contribution >= 0.6 is 0 Å². The number of hydrogen-bond acceptors (Lipinski definition) is 7. The second-order valence-corrected chi connectivity index (χ2v) is 16.4. The topological polar surface area (TPSA) is 85.3 Å². The van der Waals surface area contributed by atoms with Gasteiger partial charge in [-0.2, -0.15) is 0 Å². The molecule has 1 aliphatic rings. The molecule has 0 amide bonds. The van der Waals surface area contributed by atoms with Gasteiger partial charge in [-0.1, -0.05) is 27.7 Å². The Morgan fingerprint density at radius 3 is 2.06 bits per heavy atom. The van der Waals surface area contributed by atoms with E-state index in [1.807, 2.05) is 34.6 Å². The van der Waals surface area contributed by atoms with Gasteiger partial charge < -0.3 is 19.0 Å². The lowest BCUT2D eigenvalue weighted by Crippen LogP contribution is -2.62. The maximum atomic E-state index is 12.8. The van der Waals surface area contributed by atoms with E-state index >= 15 is 0 Å². The molecule has 0 aromatic heterocycles. The van der Waals surface area contributed by atoms with Crippen molar-refractivity contribution in [1.29, 1.82) is 0 Å². The first-order valence-electron chi connectivity index (χ1n) is 11.5. The first-order chi connectivity index (χ1) is 14.0. The zero-order valence-corrected chi connectivity index (χ0v) is 22.3. The Balaban J connectivity index is 2.94. The molecule has 1 aliphatic heterocycles. The minimum Gasteiger partial charge on any atom is -0.466 e. The zero-order chi connectivity index (χ0) is 24.2. The molecular weight excluding hydrogens is 414 g/mol. The predicted molar refractivity (Wildman–Crippen MR) is 124 cm³/mol. The molecule has 0 radical (unpaired) electrons. The van der Waals surface area contributed by atoms with Crippen LogP contribution < -0.4 is 0 Å². The highest BCUT2D eigenvalue weighted by Crippen LogP contribution is 2.41. The van der Waals surface area contributed by atoms with E-state index in [0.29, 0.717) is 32.7 Å². The first-order valence-corrected chi connectivity index (χ1v) is 13.5. The molecule has 0 spiro atoms. The van der Waals surface area contributed by atoms with E-state index in [2.05, 4.69) is 32.6 Å². The van der Waals surface area contributed by atoms with Gasteiger partial charge >= 0.3 is 11.9 Å². The Hall–Kier alpha value is -0.963. The zero-order valence-electron chi connectivity index (χ0n) is 21.3. The number of carbonyl (C=O) groups is 2. The van der Waals surface area contributed by atoms with E-state index in [9.17, 15) is 14.7 Å². The number of ether oxygens (including phenoxy) is 2. The minimum absolute atomic E-state index is 0.0768. The summed E-state index contributed by atoms with van der Waals surface area (Å²) in [5.74, 6) is -0.491. The summed E-state index contributed by atoms with van der Waals surface area (Å²) in [6.07, 6.45) is 0.588. The summed E-state index contributed by atoms with van der Waals surface area (Å²) >= 11 is 0. The summed E-state index contributed by atoms with van der Waals surface area (Å²) in [6.45, 7) is 21.1. The van der Waals surface area contributed by atoms with Crippen LogP contribution in [0.25, 0.3) is 0 Å². The number of esters is 2. The quantitative estimate of drug-likeness (QED) is 0.394. The highest BCUT2D eigenvalue weighted by Gasteiger charge is 2.53. The lowest BCUT2D eigenvalue weighted by Gasteiger charge is -2.47. The van der Waals surface area contributed by atoms with Gasteiger partial charge in [0.05, 0.1) is 11.8 Å². The van der Waals surface area contributed by atoms with Crippen LogP contribution in [0, 0.1) is 5.92 Å². The van der Waals surface area contributed by atoms with Gasteiger partial charge in [0.2, 0.25) is 8.32 Å². The first kappa shape index (κ1) is 28.1. The van der Waals surface area contributed by atoms with Crippen molar-refractivity contribution in [2.75, 3.05) is 26.3 Å². The van der Waals surface area contributed by atoms with E-state index in [4.69, 9.17) is 13.9 Å². The van der Waals surface area contributed by atoms with Gasteiger partial charge in [0.25, 0.3) is 0 Å². The Kier molecular flexibility index (Phi) is 9.75. The van der Waals surface area contributed by atoms with Gasteiger partial charge in [0.15, 0.2) is 0 Å². The molecule has 7 nitrogen and oxygen atoms in total. The maximum Gasteiger partial charge on any atom is 0.323 e. The van der Waals surface area contributed by atoms with Crippen LogP contribution in [-0.4, -0.2) is 73.4 Å². The fourth-order valence-electron chi connectivity index (χ4n) is 5.14. The monoisotopic (exact) mass is 459 g/mol. The number of rotatable bonds is 10. The van der Waals surface area contributed by atoms with E-state index in [-0.39, 0.29) is 35.0 Å². The van der Waals surface area contributed by atoms with Gasteiger partial charge in [-0.05, 0) is 52.1 Å². The number of hydrogen-bond donors (Lipinski definition) is 1. The molecule has 1 N–H and O–H groups in total. The average Bonchev–Trinajstić information content (AvgIpc) is 2.96. The van der Waals surface area contributed by atoms with E-state index < -0.39 is 19.1 Å². The fraction of sp³-hybridized carbons (Fsp3) is 0.913. The number of nitrogens with zero attached hydrogens (tertiary/aromatic N) is 1. The molecule has 0 aliphatic carbocycles. The second kappa shape index (κ2) is 10.8. The van der Waals surface area contributed by atoms with Gasteiger partial charge in [-0.3, -0.25) is 14.5 Å². The molecule has 31 heavy (non-hydrogen) atoms. The molecule has 0 bridgehead atoms. The molecule has 0 saturated carbocycles. The summed E-state index contributed by atoms with van der Waals surface area (Å²) in [5, 5.41) is 10.1. The van der Waals surface area contributed by atoms with Crippen molar-refractivity contribution in [2.45, 2.75) is 104 Å². The highest BCUT2D eigenvalue weighted by atomic mass is 28.4. The largest absolute Gasteiger partial charge is 0.466 e. The third-order valence-corrected chi connectivity index (χ3v) is 12.1. The normalized spacial score (nSPS) is 21.1. The lowest BCUT2D eigenvalue weighted by molar-refractivity contribution is -0.160. The predicted octanol–water partition coefficient (Wildman–Crippen LogP) is 3.67. The molecule has 182 valence electrons. The second-order valence-electron chi connectivity index (χ2n) is 11.0. The van der Waals surface area contributed by atoms with Crippen molar-refractivity contribution in [2.24, 2.45) is 5.92 Å².